The monoisotopic (exact) mass is 319 g/mol. The number of ether oxygens (including phenoxy) is 1. The standard InChI is InChI=1S/C16H17NO4S/c1-16(9-14(18)19,12-4-3-5-13(8-12)21-2)17-15(20)11-6-7-22-10-11/h3-8,10H,9H2,1-2H3,(H,17,20)(H,18,19). The van der Waals surface area contributed by atoms with Gasteiger partial charge in [-0.2, -0.15) is 11.3 Å². The third kappa shape index (κ3) is 3.65. The number of amides is 1. The molecule has 0 aliphatic rings. The zero-order valence-corrected chi connectivity index (χ0v) is 13.1. The summed E-state index contributed by atoms with van der Waals surface area (Å²) >= 11 is 1.41. The highest BCUT2D eigenvalue weighted by Crippen LogP contribution is 2.28. The molecule has 0 spiro atoms. The Morgan fingerprint density at radius 3 is 2.73 bits per heavy atom. The van der Waals surface area contributed by atoms with E-state index in [1.54, 1.807) is 48.0 Å². The van der Waals surface area contributed by atoms with Crippen LogP contribution >= 0.6 is 11.3 Å². The molecule has 1 aromatic carbocycles. The first-order valence-corrected chi connectivity index (χ1v) is 7.60. The average molecular weight is 319 g/mol. The summed E-state index contributed by atoms with van der Waals surface area (Å²) in [6.07, 6.45) is -0.226. The molecule has 0 aliphatic heterocycles. The number of hydrogen-bond donors (Lipinski definition) is 2. The summed E-state index contributed by atoms with van der Waals surface area (Å²) in [6.45, 7) is 1.69. The van der Waals surface area contributed by atoms with Gasteiger partial charge in [-0.1, -0.05) is 12.1 Å². The summed E-state index contributed by atoms with van der Waals surface area (Å²) in [5, 5.41) is 15.6. The van der Waals surface area contributed by atoms with Crippen molar-refractivity contribution < 1.29 is 19.4 Å². The minimum atomic E-state index is -1.03. The molecule has 6 heteroatoms. The first kappa shape index (κ1) is 16.0. The lowest BCUT2D eigenvalue weighted by molar-refractivity contribution is -0.138. The van der Waals surface area contributed by atoms with Crippen LogP contribution in [0.1, 0.15) is 29.3 Å². The van der Waals surface area contributed by atoms with Gasteiger partial charge in [0, 0.05) is 5.38 Å². The minimum absolute atomic E-state index is 0.226. The Labute approximate surface area is 132 Å². The summed E-state index contributed by atoms with van der Waals surface area (Å²) in [6, 6.07) is 8.75. The molecule has 1 unspecified atom stereocenters. The fourth-order valence-corrected chi connectivity index (χ4v) is 2.84. The van der Waals surface area contributed by atoms with E-state index in [0.29, 0.717) is 16.9 Å². The molecule has 0 saturated carbocycles. The van der Waals surface area contributed by atoms with E-state index in [9.17, 15) is 14.7 Å². The van der Waals surface area contributed by atoms with Crippen LogP contribution < -0.4 is 10.1 Å². The van der Waals surface area contributed by atoms with Gasteiger partial charge >= 0.3 is 5.97 Å². The van der Waals surface area contributed by atoms with Crippen molar-refractivity contribution in [3.8, 4) is 5.75 Å². The molecule has 0 bridgehead atoms. The summed E-state index contributed by atoms with van der Waals surface area (Å²) in [5.74, 6) is -0.678. The number of carboxylic acid groups (broad SMARTS) is 1. The maximum atomic E-state index is 12.3. The third-order valence-electron chi connectivity index (χ3n) is 3.38. The van der Waals surface area contributed by atoms with E-state index in [2.05, 4.69) is 5.32 Å². The van der Waals surface area contributed by atoms with Crippen molar-refractivity contribution in [1.29, 1.82) is 0 Å². The van der Waals surface area contributed by atoms with E-state index < -0.39 is 11.5 Å². The van der Waals surface area contributed by atoms with Crippen molar-refractivity contribution in [2.24, 2.45) is 0 Å². The molecule has 0 saturated heterocycles. The van der Waals surface area contributed by atoms with Gasteiger partial charge in [-0.05, 0) is 36.1 Å². The van der Waals surface area contributed by atoms with Crippen LogP contribution in [0.2, 0.25) is 0 Å². The summed E-state index contributed by atoms with van der Waals surface area (Å²) < 4.78 is 5.17. The van der Waals surface area contributed by atoms with Crippen LogP contribution in [0.5, 0.6) is 5.75 Å². The van der Waals surface area contributed by atoms with Gasteiger partial charge in [-0.25, -0.2) is 0 Å². The maximum Gasteiger partial charge on any atom is 0.306 e. The Balaban J connectivity index is 2.34. The highest BCUT2D eigenvalue weighted by atomic mass is 32.1. The van der Waals surface area contributed by atoms with Gasteiger partial charge in [-0.15, -0.1) is 0 Å². The average Bonchev–Trinajstić information content (AvgIpc) is 3.00. The molecule has 0 fully saturated rings. The topological polar surface area (TPSA) is 75.6 Å². The molecular formula is C16H17NO4S. The Bertz CT molecular complexity index is 669. The van der Waals surface area contributed by atoms with Crippen LogP contribution in [0.25, 0.3) is 0 Å². The smallest absolute Gasteiger partial charge is 0.306 e. The molecule has 2 aromatic rings. The van der Waals surface area contributed by atoms with Crippen molar-refractivity contribution in [1.82, 2.24) is 5.32 Å². The SMILES string of the molecule is COc1cccc(C(C)(CC(=O)O)NC(=O)c2ccsc2)c1. The maximum absolute atomic E-state index is 12.3. The second-order valence-electron chi connectivity index (χ2n) is 5.10. The molecule has 5 nitrogen and oxygen atoms in total. The van der Waals surface area contributed by atoms with E-state index in [-0.39, 0.29) is 12.3 Å². The number of benzene rings is 1. The molecule has 116 valence electrons. The second-order valence-corrected chi connectivity index (χ2v) is 5.88. The number of hydrogen-bond acceptors (Lipinski definition) is 4. The van der Waals surface area contributed by atoms with E-state index >= 15 is 0 Å². The van der Waals surface area contributed by atoms with E-state index in [1.165, 1.54) is 18.4 Å². The summed E-state index contributed by atoms with van der Waals surface area (Å²) in [4.78, 5) is 23.5. The fraction of sp³-hybridized carbons (Fsp3) is 0.250. The molecule has 2 rings (SSSR count). The second kappa shape index (κ2) is 6.62. The van der Waals surface area contributed by atoms with Gasteiger partial charge in [0.1, 0.15) is 5.75 Å². The lowest BCUT2D eigenvalue weighted by Crippen LogP contribution is -2.45. The van der Waals surface area contributed by atoms with Crippen LogP contribution in [0.3, 0.4) is 0 Å². The molecular weight excluding hydrogens is 302 g/mol. The largest absolute Gasteiger partial charge is 0.497 e. The highest BCUT2D eigenvalue weighted by molar-refractivity contribution is 7.08. The number of methoxy groups -OCH3 is 1. The number of aliphatic carboxylic acids is 1. The predicted molar refractivity (Wildman–Crippen MR) is 84.4 cm³/mol. The van der Waals surface area contributed by atoms with Crippen molar-refractivity contribution in [3.05, 3.63) is 52.2 Å². The predicted octanol–water partition coefficient (Wildman–Crippen LogP) is 2.88. The van der Waals surface area contributed by atoms with Gasteiger partial charge in [0.2, 0.25) is 0 Å². The third-order valence-corrected chi connectivity index (χ3v) is 4.07. The molecule has 1 aromatic heterocycles. The van der Waals surface area contributed by atoms with Gasteiger partial charge < -0.3 is 15.2 Å². The quantitative estimate of drug-likeness (QED) is 0.858. The summed E-state index contributed by atoms with van der Waals surface area (Å²) in [7, 11) is 1.54. The lowest BCUT2D eigenvalue weighted by Gasteiger charge is -2.30. The lowest BCUT2D eigenvalue weighted by atomic mass is 9.88. The molecule has 2 N–H and O–H groups in total. The molecule has 0 aliphatic carbocycles. The summed E-state index contributed by atoms with van der Waals surface area (Å²) in [5.41, 5.74) is 0.168. The highest BCUT2D eigenvalue weighted by Gasteiger charge is 2.32. The number of rotatable bonds is 6. The van der Waals surface area contributed by atoms with E-state index in [4.69, 9.17) is 4.74 Å². The van der Waals surface area contributed by atoms with Crippen molar-refractivity contribution in [2.75, 3.05) is 7.11 Å². The minimum Gasteiger partial charge on any atom is -0.497 e. The van der Waals surface area contributed by atoms with E-state index in [0.717, 1.165) is 0 Å². The Kier molecular flexibility index (Phi) is 4.82. The molecule has 1 amide bonds. The molecule has 22 heavy (non-hydrogen) atoms. The number of carboxylic acids is 1. The van der Waals surface area contributed by atoms with E-state index in [1.807, 2.05) is 0 Å². The molecule has 0 radical (unpaired) electrons. The van der Waals surface area contributed by atoms with Crippen molar-refractivity contribution in [3.63, 3.8) is 0 Å². The van der Waals surface area contributed by atoms with Gasteiger partial charge in [0.15, 0.2) is 0 Å². The zero-order chi connectivity index (χ0) is 16.2. The number of nitrogens with one attached hydrogen (secondary N) is 1. The Morgan fingerprint density at radius 2 is 2.14 bits per heavy atom. The zero-order valence-electron chi connectivity index (χ0n) is 12.3. The Hall–Kier alpha value is -2.34. The van der Waals surface area contributed by atoms with Crippen LogP contribution in [0.15, 0.2) is 41.1 Å². The molecule has 1 atom stereocenters. The van der Waals surface area contributed by atoms with Gasteiger partial charge in [-0.3, -0.25) is 9.59 Å². The van der Waals surface area contributed by atoms with Gasteiger partial charge in [0.05, 0.1) is 24.6 Å². The number of carbonyl (C=O) groups excluding carboxylic acids is 1. The Morgan fingerprint density at radius 1 is 1.36 bits per heavy atom. The van der Waals surface area contributed by atoms with Crippen LogP contribution in [0.4, 0.5) is 0 Å². The van der Waals surface area contributed by atoms with Crippen LogP contribution in [0, 0.1) is 0 Å². The normalized spacial score (nSPS) is 13.2. The van der Waals surface area contributed by atoms with Crippen LogP contribution in [-0.4, -0.2) is 24.1 Å². The number of carbonyl (C=O) groups is 2. The first-order chi connectivity index (χ1) is 10.4. The fourth-order valence-electron chi connectivity index (χ4n) is 2.20. The number of thiophene rings is 1. The van der Waals surface area contributed by atoms with Crippen molar-refractivity contribution >= 4 is 23.2 Å². The molecule has 1 heterocycles. The van der Waals surface area contributed by atoms with Crippen LogP contribution in [-0.2, 0) is 10.3 Å². The first-order valence-electron chi connectivity index (χ1n) is 6.65. The van der Waals surface area contributed by atoms with Gasteiger partial charge in [0.25, 0.3) is 5.91 Å². The van der Waals surface area contributed by atoms with Crippen molar-refractivity contribution in [2.45, 2.75) is 18.9 Å².